The van der Waals surface area contributed by atoms with Crippen molar-refractivity contribution in [2.45, 2.75) is 37.4 Å². The Morgan fingerprint density at radius 3 is 2.58 bits per heavy atom. The molecular weight excluding hydrogens is 400 g/mol. The fourth-order valence-electron chi connectivity index (χ4n) is 4.23. The molecule has 0 aliphatic carbocycles. The normalized spacial score (nSPS) is 24.2. The predicted molar refractivity (Wildman–Crippen MR) is 115 cm³/mol. The van der Waals surface area contributed by atoms with Gasteiger partial charge in [-0.05, 0) is 24.0 Å². The van der Waals surface area contributed by atoms with Gasteiger partial charge < -0.3 is 19.8 Å². The zero-order valence-electron chi connectivity index (χ0n) is 17.7. The second kappa shape index (κ2) is 9.76. The van der Waals surface area contributed by atoms with Gasteiger partial charge in [0.1, 0.15) is 6.10 Å². The quantitative estimate of drug-likeness (QED) is 0.625. The van der Waals surface area contributed by atoms with Crippen LogP contribution in [-0.2, 0) is 14.4 Å². The number of nitrogens with zero attached hydrogens (tertiary/aromatic N) is 4. The highest BCUT2D eigenvalue weighted by Gasteiger charge is 2.37. The van der Waals surface area contributed by atoms with Crippen LogP contribution in [0, 0.1) is 0 Å². The summed E-state index contributed by atoms with van der Waals surface area (Å²) in [6.07, 6.45) is 3.96. The summed E-state index contributed by atoms with van der Waals surface area (Å²) in [6, 6.07) is 8.07. The number of aliphatic hydroxyl groups is 1. The Bertz CT molecular complexity index is 812. The fraction of sp³-hybridized carbons (Fsp3) is 0.591. The number of morpholine rings is 1. The Kier molecular flexibility index (Phi) is 6.84. The molecule has 2 N–H and O–H groups in total. The number of piperidine rings is 1. The number of rotatable bonds is 7. The molecule has 1 atom stereocenters. The first-order valence-electron chi connectivity index (χ1n) is 10.9. The molecule has 9 heteroatoms. The molecule has 4 rings (SSSR count). The Morgan fingerprint density at radius 1 is 1.19 bits per heavy atom. The van der Waals surface area contributed by atoms with Crippen LogP contribution in [0.4, 0.5) is 0 Å². The van der Waals surface area contributed by atoms with Gasteiger partial charge in [-0.2, -0.15) is 5.10 Å². The first kappa shape index (κ1) is 21.7. The first-order valence-corrected chi connectivity index (χ1v) is 10.9. The molecule has 1 aromatic carbocycles. The van der Waals surface area contributed by atoms with E-state index >= 15 is 0 Å². The van der Waals surface area contributed by atoms with Crippen molar-refractivity contribution < 1.29 is 24.6 Å². The van der Waals surface area contributed by atoms with Gasteiger partial charge in [0.2, 0.25) is 0 Å². The van der Waals surface area contributed by atoms with Crippen molar-refractivity contribution in [2.75, 3.05) is 45.9 Å². The van der Waals surface area contributed by atoms with E-state index < -0.39 is 11.6 Å². The van der Waals surface area contributed by atoms with E-state index in [2.05, 4.69) is 10.3 Å². The largest absolute Gasteiger partial charge is 0.480 e. The summed E-state index contributed by atoms with van der Waals surface area (Å²) in [6.45, 7) is 4.24. The van der Waals surface area contributed by atoms with Gasteiger partial charge in [-0.3, -0.25) is 14.7 Å². The molecule has 1 aromatic rings. The summed E-state index contributed by atoms with van der Waals surface area (Å²) in [4.78, 5) is 18.3. The number of hydrogen-bond acceptors (Lipinski definition) is 8. The monoisotopic (exact) mass is 430 g/mol. The zero-order valence-corrected chi connectivity index (χ0v) is 17.7. The van der Waals surface area contributed by atoms with Crippen molar-refractivity contribution in [1.82, 2.24) is 9.91 Å². The Morgan fingerprint density at radius 2 is 1.90 bits per heavy atom. The van der Waals surface area contributed by atoms with Gasteiger partial charge in [0.15, 0.2) is 0 Å². The summed E-state index contributed by atoms with van der Waals surface area (Å²) in [5.41, 5.74) is 2.08. The summed E-state index contributed by atoms with van der Waals surface area (Å²) in [7, 11) is 0. The molecule has 3 heterocycles. The molecule has 9 nitrogen and oxygen atoms in total. The molecule has 3 aliphatic rings. The van der Waals surface area contributed by atoms with E-state index in [4.69, 9.17) is 14.7 Å². The standard InChI is InChI=1S/C22H30N4O5/c27-21(28)16-25-7-5-22(29,6-8-25)14-19-13-20(24-31-19)18-3-1-17(2-4-18)15-23-26-9-11-30-12-10-26/h1-4,15,19,29H,5-14,16H2,(H,27,28)/b23-15+. The third-order valence-corrected chi connectivity index (χ3v) is 6.09. The van der Waals surface area contributed by atoms with Crippen molar-refractivity contribution >= 4 is 17.9 Å². The van der Waals surface area contributed by atoms with E-state index in [0.29, 0.717) is 52.0 Å². The molecule has 3 aliphatic heterocycles. The van der Waals surface area contributed by atoms with Gasteiger partial charge in [0.05, 0.1) is 50.4 Å². The summed E-state index contributed by atoms with van der Waals surface area (Å²) < 4.78 is 5.33. The zero-order chi connectivity index (χ0) is 21.7. The number of carbonyl (C=O) groups is 1. The highest BCUT2D eigenvalue weighted by molar-refractivity contribution is 6.01. The number of benzene rings is 1. The van der Waals surface area contributed by atoms with Crippen LogP contribution in [0.5, 0.6) is 0 Å². The number of ether oxygens (including phenoxy) is 1. The molecule has 0 spiro atoms. The predicted octanol–water partition coefficient (Wildman–Crippen LogP) is 1.15. The highest BCUT2D eigenvalue weighted by atomic mass is 16.6. The van der Waals surface area contributed by atoms with Crippen molar-refractivity contribution in [1.29, 1.82) is 0 Å². The minimum atomic E-state index is -0.832. The maximum absolute atomic E-state index is 10.9. The fourth-order valence-corrected chi connectivity index (χ4v) is 4.23. The minimum absolute atomic E-state index is 0.0242. The molecule has 0 radical (unpaired) electrons. The summed E-state index contributed by atoms with van der Waals surface area (Å²) >= 11 is 0. The minimum Gasteiger partial charge on any atom is -0.480 e. The lowest BCUT2D eigenvalue weighted by Gasteiger charge is -2.38. The first-order chi connectivity index (χ1) is 15.0. The lowest BCUT2D eigenvalue weighted by molar-refractivity contribution is -0.140. The maximum atomic E-state index is 10.9. The molecule has 168 valence electrons. The average molecular weight is 431 g/mol. The lowest BCUT2D eigenvalue weighted by atomic mass is 9.84. The highest BCUT2D eigenvalue weighted by Crippen LogP contribution is 2.31. The van der Waals surface area contributed by atoms with Crippen molar-refractivity contribution in [3.63, 3.8) is 0 Å². The molecule has 0 bridgehead atoms. The van der Waals surface area contributed by atoms with Crippen LogP contribution in [0.2, 0.25) is 0 Å². The Labute approximate surface area is 181 Å². The number of likely N-dealkylation sites (tertiary alicyclic amines) is 1. The van der Waals surface area contributed by atoms with Gasteiger partial charge >= 0.3 is 5.97 Å². The van der Waals surface area contributed by atoms with Gasteiger partial charge in [-0.15, -0.1) is 0 Å². The smallest absolute Gasteiger partial charge is 0.317 e. The summed E-state index contributed by atoms with van der Waals surface area (Å²) in [5, 5.41) is 30.6. The Balaban J connectivity index is 1.26. The number of hydrazone groups is 1. The van der Waals surface area contributed by atoms with Crippen LogP contribution in [0.1, 0.15) is 36.8 Å². The van der Waals surface area contributed by atoms with Crippen LogP contribution in [0.3, 0.4) is 0 Å². The van der Waals surface area contributed by atoms with Crippen molar-refractivity contribution in [3.05, 3.63) is 35.4 Å². The van der Waals surface area contributed by atoms with Gasteiger partial charge in [-0.1, -0.05) is 29.4 Å². The molecule has 0 saturated carbocycles. The molecule has 0 aromatic heterocycles. The van der Waals surface area contributed by atoms with E-state index in [1.807, 2.05) is 40.4 Å². The molecule has 2 fully saturated rings. The summed E-state index contributed by atoms with van der Waals surface area (Å²) in [5.74, 6) is -0.832. The van der Waals surface area contributed by atoms with E-state index in [0.717, 1.165) is 29.9 Å². The van der Waals surface area contributed by atoms with E-state index in [1.54, 1.807) is 0 Å². The van der Waals surface area contributed by atoms with Crippen LogP contribution < -0.4 is 0 Å². The lowest BCUT2D eigenvalue weighted by Crippen LogP contribution is -2.47. The second-order valence-corrected chi connectivity index (χ2v) is 8.50. The van der Waals surface area contributed by atoms with Gasteiger partial charge in [0.25, 0.3) is 0 Å². The number of carboxylic acid groups (broad SMARTS) is 1. The third kappa shape index (κ3) is 6.03. The van der Waals surface area contributed by atoms with Crippen LogP contribution in [0.15, 0.2) is 34.5 Å². The molecular formula is C22H30N4O5. The van der Waals surface area contributed by atoms with Gasteiger partial charge in [-0.25, -0.2) is 0 Å². The van der Waals surface area contributed by atoms with Crippen LogP contribution in [-0.4, -0.2) is 95.7 Å². The number of aliphatic carboxylic acids is 1. The Hall–Kier alpha value is -2.49. The second-order valence-electron chi connectivity index (χ2n) is 8.50. The van der Waals surface area contributed by atoms with E-state index in [-0.39, 0.29) is 12.6 Å². The molecule has 0 amide bonds. The number of oxime groups is 1. The molecule has 31 heavy (non-hydrogen) atoms. The van der Waals surface area contributed by atoms with E-state index in [1.165, 1.54) is 0 Å². The maximum Gasteiger partial charge on any atom is 0.317 e. The number of carboxylic acids is 1. The molecule has 1 unspecified atom stereocenters. The van der Waals surface area contributed by atoms with Crippen LogP contribution >= 0.6 is 0 Å². The van der Waals surface area contributed by atoms with E-state index in [9.17, 15) is 9.90 Å². The van der Waals surface area contributed by atoms with Crippen molar-refractivity contribution in [2.24, 2.45) is 10.3 Å². The van der Waals surface area contributed by atoms with Crippen LogP contribution in [0.25, 0.3) is 0 Å². The third-order valence-electron chi connectivity index (χ3n) is 6.09. The molecule has 2 saturated heterocycles. The SMILES string of the molecule is O=C(O)CN1CCC(O)(CC2CC(c3ccc(/C=N/N4CCOCC4)cc3)=NO2)CC1. The number of hydrogen-bond donors (Lipinski definition) is 2. The van der Waals surface area contributed by atoms with Crippen molar-refractivity contribution in [3.8, 4) is 0 Å². The van der Waals surface area contributed by atoms with Gasteiger partial charge in [0, 0.05) is 25.9 Å². The topological polar surface area (TPSA) is 107 Å². The average Bonchev–Trinajstić information content (AvgIpc) is 3.23.